The minimum atomic E-state index is -0.737. The Bertz CT molecular complexity index is 1080. The number of hydrogen-bond donors (Lipinski definition) is 1. The van der Waals surface area contributed by atoms with Crippen molar-refractivity contribution in [1.82, 2.24) is 4.57 Å². The lowest BCUT2D eigenvalue weighted by Gasteiger charge is -2.16. The molecule has 8 heteroatoms. The van der Waals surface area contributed by atoms with Gasteiger partial charge in [0.1, 0.15) is 29.8 Å². The largest absolute Gasteiger partial charge is 0.489 e. The maximum atomic E-state index is 14.2. The van der Waals surface area contributed by atoms with Crippen LogP contribution in [0.1, 0.15) is 11.3 Å². The second kappa shape index (κ2) is 7.22. The first-order chi connectivity index (χ1) is 12.8. The van der Waals surface area contributed by atoms with Crippen LogP contribution in [0.25, 0.3) is 5.69 Å². The van der Waals surface area contributed by atoms with E-state index in [-0.39, 0.29) is 29.1 Å². The van der Waals surface area contributed by atoms with Crippen molar-refractivity contribution in [3.8, 4) is 11.4 Å². The van der Waals surface area contributed by atoms with E-state index in [1.54, 1.807) is 13.0 Å². The maximum absolute atomic E-state index is 14.2. The standard InChI is InChI=1S/C19H16BF3N2O2/c1-10-6-17(27-9-11-2-3-12(21)7-15(11)23)18(20)19(26)25(10)16-8-13(24)4-5-14(16)22/h2-8H,9,20,24H2,1H3. The highest BCUT2D eigenvalue weighted by atomic mass is 19.1. The number of aryl methyl sites for hydroxylation is 1. The monoisotopic (exact) mass is 372 g/mol. The molecule has 0 spiro atoms. The zero-order valence-electron chi connectivity index (χ0n) is 14.7. The van der Waals surface area contributed by atoms with Crippen LogP contribution < -0.4 is 21.5 Å². The minimum Gasteiger partial charge on any atom is -0.489 e. The molecule has 27 heavy (non-hydrogen) atoms. The summed E-state index contributed by atoms with van der Waals surface area (Å²) in [6.07, 6.45) is 0. The summed E-state index contributed by atoms with van der Waals surface area (Å²) in [6, 6.07) is 8.68. The zero-order valence-corrected chi connectivity index (χ0v) is 14.7. The Kier molecular flexibility index (Phi) is 4.99. The number of aromatic nitrogens is 1. The average molecular weight is 372 g/mol. The van der Waals surface area contributed by atoms with E-state index in [0.29, 0.717) is 11.4 Å². The SMILES string of the molecule is Bc1c(OCc2ccc(F)cc2F)cc(C)n(-c2cc(N)ccc2F)c1=O. The number of nitrogens with two attached hydrogens (primary N) is 1. The predicted molar refractivity (Wildman–Crippen MR) is 100 cm³/mol. The van der Waals surface area contributed by atoms with Gasteiger partial charge in [-0.05, 0) is 43.3 Å². The van der Waals surface area contributed by atoms with Gasteiger partial charge in [-0.3, -0.25) is 9.36 Å². The number of nitrogen functional groups attached to an aromatic ring is 1. The molecule has 2 N–H and O–H groups in total. The zero-order chi connectivity index (χ0) is 19.7. The number of rotatable bonds is 4. The lowest BCUT2D eigenvalue weighted by atomic mass is 9.96. The quantitative estimate of drug-likeness (QED) is 0.563. The Balaban J connectivity index is 1.98. The van der Waals surface area contributed by atoms with Gasteiger partial charge in [-0.2, -0.15) is 0 Å². The molecule has 0 amide bonds. The highest BCUT2D eigenvalue weighted by Gasteiger charge is 2.15. The van der Waals surface area contributed by atoms with Crippen molar-refractivity contribution in [3.63, 3.8) is 0 Å². The van der Waals surface area contributed by atoms with Crippen LogP contribution in [-0.2, 0) is 6.61 Å². The molecule has 0 aliphatic carbocycles. The van der Waals surface area contributed by atoms with Gasteiger partial charge in [0.05, 0.1) is 5.69 Å². The van der Waals surface area contributed by atoms with Crippen molar-refractivity contribution in [3.05, 3.63) is 81.5 Å². The summed E-state index contributed by atoms with van der Waals surface area (Å²) < 4.78 is 47.7. The van der Waals surface area contributed by atoms with E-state index in [4.69, 9.17) is 10.5 Å². The molecule has 138 valence electrons. The topological polar surface area (TPSA) is 57.2 Å². The fraction of sp³-hybridized carbons (Fsp3) is 0.105. The Morgan fingerprint density at radius 2 is 1.81 bits per heavy atom. The van der Waals surface area contributed by atoms with Crippen molar-refractivity contribution in [1.29, 1.82) is 0 Å². The molecule has 0 bridgehead atoms. The molecule has 0 radical (unpaired) electrons. The molecule has 0 unspecified atom stereocenters. The van der Waals surface area contributed by atoms with E-state index < -0.39 is 23.0 Å². The van der Waals surface area contributed by atoms with Gasteiger partial charge in [0.2, 0.25) is 0 Å². The number of nitrogens with zero attached hydrogens (tertiary/aromatic N) is 1. The molecule has 4 nitrogen and oxygen atoms in total. The molecule has 0 saturated carbocycles. The van der Waals surface area contributed by atoms with E-state index in [0.717, 1.165) is 12.1 Å². The first-order valence-corrected chi connectivity index (χ1v) is 8.13. The van der Waals surface area contributed by atoms with Crippen molar-refractivity contribution in [2.45, 2.75) is 13.5 Å². The first kappa shape index (κ1) is 18.6. The van der Waals surface area contributed by atoms with E-state index in [1.807, 2.05) is 0 Å². The summed E-state index contributed by atoms with van der Waals surface area (Å²) >= 11 is 0. The maximum Gasteiger partial charge on any atom is 0.252 e. The summed E-state index contributed by atoms with van der Waals surface area (Å²) in [6.45, 7) is 1.44. The third-order valence-corrected chi connectivity index (χ3v) is 4.20. The van der Waals surface area contributed by atoms with Crippen LogP contribution in [0, 0.1) is 24.4 Å². The van der Waals surface area contributed by atoms with Crippen LogP contribution in [0.3, 0.4) is 0 Å². The van der Waals surface area contributed by atoms with Gasteiger partial charge in [0.25, 0.3) is 5.56 Å². The van der Waals surface area contributed by atoms with Crippen LogP contribution in [0.15, 0.2) is 47.3 Å². The number of ether oxygens (including phenoxy) is 1. The van der Waals surface area contributed by atoms with Crippen LogP contribution in [-0.4, -0.2) is 12.4 Å². The molecule has 0 fully saturated rings. The summed E-state index contributed by atoms with van der Waals surface area (Å²) in [5, 5.41) is 0. The Labute approximate surface area is 154 Å². The second-order valence-corrected chi connectivity index (χ2v) is 6.15. The number of halogens is 3. The molecular formula is C19H16BF3N2O2. The van der Waals surface area contributed by atoms with E-state index >= 15 is 0 Å². The average Bonchev–Trinajstić information content (AvgIpc) is 2.61. The fourth-order valence-electron chi connectivity index (χ4n) is 2.74. The number of anilines is 1. The Morgan fingerprint density at radius 1 is 1.07 bits per heavy atom. The van der Waals surface area contributed by atoms with Crippen LogP contribution in [0.2, 0.25) is 0 Å². The number of pyridine rings is 1. The van der Waals surface area contributed by atoms with Crippen LogP contribution >= 0.6 is 0 Å². The van der Waals surface area contributed by atoms with Crippen molar-refractivity contribution < 1.29 is 17.9 Å². The van der Waals surface area contributed by atoms with Gasteiger partial charge in [-0.1, -0.05) is 0 Å². The van der Waals surface area contributed by atoms with Crippen LogP contribution in [0.5, 0.6) is 5.75 Å². The van der Waals surface area contributed by atoms with Gasteiger partial charge in [-0.25, -0.2) is 13.2 Å². The van der Waals surface area contributed by atoms with Gasteiger partial charge in [-0.15, -0.1) is 0 Å². The third-order valence-electron chi connectivity index (χ3n) is 4.20. The van der Waals surface area contributed by atoms with Crippen LogP contribution in [0.4, 0.5) is 18.9 Å². The van der Waals surface area contributed by atoms with Gasteiger partial charge in [0.15, 0.2) is 7.85 Å². The first-order valence-electron chi connectivity index (χ1n) is 8.13. The molecule has 2 aromatic carbocycles. The molecule has 0 atom stereocenters. The molecule has 1 aromatic heterocycles. The Morgan fingerprint density at radius 3 is 2.52 bits per heavy atom. The van der Waals surface area contributed by atoms with Crippen molar-refractivity contribution in [2.24, 2.45) is 0 Å². The molecular weight excluding hydrogens is 356 g/mol. The summed E-state index contributed by atoms with van der Waals surface area (Å²) in [4.78, 5) is 12.7. The minimum absolute atomic E-state index is 0.0386. The predicted octanol–water partition coefficient (Wildman–Crippen LogP) is 1.98. The molecule has 0 aliphatic rings. The highest BCUT2D eigenvalue weighted by molar-refractivity contribution is 6.34. The number of benzene rings is 2. The summed E-state index contributed by atoms with van der Waals surface area (Å²) in [5.41, 5.74) is 6.38. The molecule has 3 aromatic rings. The second-order valence-electron chi connectivity index (χ2n) is 6.15. The summed E-state index contributed by atoms with van der Waals surface area (Å²) in [7, 11) is 1.53. The van der Waals surface area contributed by atoms with Gasteiger partial charge in [0, 0.05) is 28.5 Å². The molecule has 3 rings (SSSR count). The van der Waals surface area contributed by atoms with Crippen molar-refractivity contribution in [2.75, 3.05) is 5.73 Å². The van der Waals surface area contributed by atoms with Gasteiger partial charge >= 0.3 is 0 Å². The fourth-order valence-corrected chi connectivity index (χ4v) is 2.74. The Hall–Kier alpha value is -3.16. The molecule has 0 saturated heterocycles. The molecule has 1 heterocycles. The lowest BCUT2D eigenvalue weighted by Crippen LogP contribution is -2.36. The van der Waals surface area contributed by atoms with Crippen molar-refractivity contribution >= 4 is 19.0 Å². The smallest absolute Gasteiger partial charge is 0.252 e. The third kappa shape index (κ3) is 3.69. The van der Waals surface area contributed by atoms with Gasteiger partial charge < -0.3 is 10.5 Å². The molecule has 0 aliphatic heterocycles. The highest BCUT2D eigenvalue weighted by Crippen LogP contribution is 2.19. The van der Waals surface area contributed by atoms with E-state index in [2.05, 4.69) is 0 Å². The lowest BCUT2D eigenvalue weighted by molar-refractivity contribution is 0.301. The summed E-state index contributed by atoms with van der Waals surface area (Å²) in [5.74, 6) is -1.77. The van der Waals surface area contributed by atoms with E-state index in [9.17, 15) is 18.0 Å². The van der Waals surface area contributed by atoms with E-state index in [1.165, 1.54) is 36.7 Å². The normalized spacial score (nSPS) is 10.8. The number of hydrogen-bond acceptors (Lipinski definition) is 3.